The highest BCUT2D eigenvalue weighted by Gasteiger charge is 2.25. The second-order valence-corrected chi connectivity index (χ2v) is 6.19. The number of aliphatic carboxylic acids is 1. The van der Waals surface area contributed by atoms with Gasteiger partial charge in [-0.3, -0.25) is 14.4 Å². The number of carbonyl (C=O) groups is 4. The fourth-order valence-electron chi connectivity index (χ4n) is 2.46. The van der Waals surface area contributed by atoms with Gasteiger partial charge in [0.15, 0.2) is 17.5 Å². The van der Waals surface area contributed by atoms with E-state index in [-0.39, 0.29) is 30.3 Å². The van der Waals surface area contributed by atoms with E-state index >= 15 is 0 Å². The molecule has 0 aliphatic heterocycles. The van der Waals surface area contributed by atoms with Crippen LogP contribution in [0.25, 0.3) is 0 Å². The van der Waals surface area contributed by atoms with Crippen molar-refractivity contribution >= 4 is 23.8 Å². The first-order valence-corrected chi connectivity index (χ1v) is 8.93. The van der Waals surface area contributed by atoms with Crippen molar-refractivity contribution in [3.63, 3.8) is 0 Å². The summed E-state index contributed by atoms with van der Waals surface area (Å²) >= 11 is 0. The van der Waals surface area contributed by atoms with E-state index in [4.69, 9.17) is 14.2 Å². The largest absolute Gasteiger partial charge is 0.480 e. The van der Waals surface area contributed by atoms with Crippen molar-refractivity contribution in [3.05, 3.63) is 59.7 Å². The lowest BCUT2D eigenvalue weighted by molar-refractivity contribution is -0.141. The predicted molar refractivity (Wildman–Crippen MR) is 104 cm³/mol. The Balaban J connectivity index is 2.15. The van der Waals surface area contributed by atoms with Crippen LogP contribution < -0.4 is 14.8 Å². The van der Waals surface area contributed by atoms with Crippen molar-refractivity contribution in [3.8, 4) is 11.5 Å². The van der Waals surface area contributed by atoms with Gasteiger partial charge in [0.05, 0.1) is 18.8 Å². The molecule has 2 N–H and O–H groups in total. The number of hydrogen-bond donors (Lipinski definition) is 2. The van der Waals surface area contributed by atoms with E-state index in [1.165, 1.54) is 18.2 Å². The summed E-state index contributed by atoms with van der Waals surface area (Å²) in [6, 6.07) is 11.8. The number of amides is 1. The van der Waals surface area contributed by atoms with E-state index in [1.54, 1.807) is 0 Å². The van der Waals surface area contributed by atoms with Crippen molar-refractivity contribution < 1.29 is 38.5 Å². The highest BCUT2D eigenvalue weighted by atomic mass is 16.6. The Hall–Kier alpha value is -3.72. The Morgan fingerprint density at radius 2 is 1.60 bits per heavy atom. The molecule has 0 saturated heterocycles. The van der Waals surface area contributed by atoms with Gasteiger partial charge >= 0.3 is 17.9 Å². The Labute approximate surface area is 172 Å². The number of nitrogens with one attached hydrogen (secondary N) is 1. The molecule has 1 atom stereocenters. The first-order chi connectivity index (χ1) is 14.3. The second kappa shape index (κ2) is 10.7. The lowest BCUT2D eigenvalue weighted by Crippen LogP contribution is -2.44. The third-order valence-corrected chi connectivity index (χ3v) is 3.72. The van der Waals surface area contributed by atoms with Crippen LogP contribution in [0.1, 0.15) is 29.8 Å². The molecule has 0 radical (unpaired) electrons. The highest BCUT2D eigenvalue weighted by Crippen LogP contribution is 2.31. The lowest BCUT2D eigenvalue weighted by Gasteiger charge is -2.17. The van der Waals surface area contributed by atoms with E-state index in [0.717, 1.165) is 19.4 Å². The Morgan fingerprint density at radius 1 is 0.933 bits per heavy atom. The van der Waals surface area contributed by atoms with Gasteiger partial charge in [-0.1, -0.05) is 36.4 Å². The van der Waals surface area contributed by atoms with Crippen LogP contribution in [0.3, 0.4) is 0 Å². The third-order valence-electron chi connectivity index (χ3n) is 3.72. The lowest BCUT2D eigenvalue weighted by atomic mass is 10.1. The molecule has 9 nitrogen and oxygen atoms in total. The minimum atomic E-state index is -1.36. The molecule has 2 aromatic rings. The van der Waals surface area contributed by atoms with Gasteiger partial charge in [0, 0.05) is 13.8 Å². The minimum absolute atomic E-state index is 0.141. The molecule has 0 bridgehead atoms. The molecule has 9 heteroatoms. The van der Waals surface area contributed by atoms with E-state index in [9.17, 15) is 24.3 Å². The fraction of sp³-hybridized carbons (Fsp3) is 0.238. The van der Waals surface area contributed by atoms with Crippen LogP contribution in [-0.2, 0) is 25.7 Å². The fourth-order valence-corrected chi connectivity index (χ4v) is 2.46. The molecule has 0 heterocycles. The summed E-state index contributed by atoms with van der Waals surface area (Å²) in [5, 5.41) is 11.7. The number of hydrogen-bond acceptors (Lipinski definition) is 7. The molecular formula is C21H21NO8. The summed E-state index contributed by atoms with van der Waals surface area (Å²) in [6.45, 7) is 2.14. The monoisotopic (exact) mass is 415 g/mol. The van der Waals surface area contributed by atoms with Crippen molar-refractivity contribution in [2.45, 2.75) is 26.5 Å². The molecule has 0 aliphatic rings. The molecular weight excluding hydrogens is 394 g/mol. The van der Waals surface area contributed by atoms with Crippen molar-refractivity contribution in [2.75, 3.05) is 6.61 Å². The van der Waals surface area contributed by atoms with Gasteiger partial charge in [-0.2, -0.15) is 0 Å². The molecule has 158 valence electrons. The number of carboxylic acids is 1. The molecule has 0 fully saturated rings. The summed E-state index contributed by atoms with van der Waals surface area (Å²) < 4.78 is 15.4. The molecule has 0 saturated carbocycles. The Kier molecular flexibility index (Phi) is 8.07. The molecule has 0 spiro atoms. The highest BCUT2D eigenvalue weighted by molar-refractivity contribution is 6.00. The topological polar surface area (TPSA) is 128 Å². The van der Waals surface area contributed by atoms with E-state index in [0.29, 0.717) is 0 Å². The van der Waals surface area contributed by atoms with Gasteiger partial charge in [-0.25, -0.2) is 4.79 Å². The molecule has 0 aromatic heterocycles. The number of carbonyl (C=O) groups excluding carboxylic acids is 3. The average Bonchev–Trinajstić information content (AvgIpc) is 2.68. The molecule has 0 unspecified atom stereocenters. The molecule has 0 aliphatic carbocycles. The number of ether oxygens (including phenoxy) is 3. The van der Waals surface area contributed by atoms with Crippen LogP contribution in [0.15, 0.2) is 48.5 Å². The van der Waals surface area contributed by atoms with Crippen LogP contribution >= 0.6 is 0 Å². The van der Waals surface area contributed by atoms with Crippen LogP contribution in [0.4, 0.5) is 0 Å². The van der Waals surface area contributed by atoms with Crippen molar-refractivity contribution in [1.29, 1.82) is 0 Å². The van der Waals surface area contributed by atoms with Gasteiger partial charge in [-0.15, -0.1) is 0 Å². The summed E-state index contributed by atoms with van der Waals surface area (Å²) in [5.41, 5.74) is 0.678. The summed E-state index contributed by atoms with van der Waals surface area (Å²) in [6.07, 6.45) is 0. The standard InChI is InChI=1S/C21H21NO8/c1-13(23)29-18-10-6-9-16(19(18)30-14(2)24)20(25)22-17(21(26)27)12-28-11-15-7-4-3-5-8-15/h3-10,17H,11-12H2,1-2H3,(H,22,25)(H,26,27)/t17-/m0/s1. The maximum Gasteiger partial charge on any atom is 0.328 e. The maximum absolute atomic E-state index is 12.7. The van der Waals surface area contributed by atoms with Gasteiger partial charge in [-0.05, 0) is 17.7 Å². The number of rotatable bonds is 9. The first kappa shape index (κ1) is 22.6. The Bertz CT molecular complexity index is 926. The van der Waals surface area contributed by atoms with Gasteiger partial charge in [0.25, 0.3) is 5.91 Å². The molecule has 2 rings (SSSR count). The van der Waals surface area contributed by atoms with E-state index in [1.807, 2.05) is 30.3 Å². The smallest absolute Gasteiger partial charge is 0.328 e. The van der Waals surface area contributed by atoms with Crippen LogP contribution in [0.5, 0.6) is 11.5 Å². The third kappa shape index (κ3) is 6.71. The van der Waals surface area contributed by atoms with Gasteiger partial charge in [0.1, 0.15) is 0 Å². The molecule has 1 amide bonds. The number of carboxylic acid groups (broad SMARTS) is 1. The summed E-state index contributed by atoms with van der Waals surface area (Å²) in [5.74, 6) is -3.99. The minimum Gasteiger partial charge on any atom is -0.480 e. The molecule has 2 aromatic carbocycles. The van der Waals surface area contributed by atoms with E-state index < -0.39 is 29.9 Å². The maximum atomic E-state index is 12.7. The number of esters is 2. The second-order valence-electron chi connectivity index (χ2n) is 6.19. The zero-order valence-electron chi connectivity index (χ0n) is 16.4. The quantitative estimate of drug-likeness (QED) is 0.470. The molecule has 30 heavy (non-hydrogen) atoms. The van der Waals surface area contributed by atoms with Crippen molar-refractivity contribution in [2.24, 2.45) is 0 Å². The SMILES string of the molecule is CC(=O)Oc1cccc(C(=O)N[C@@H](COCc2ccccc2)C(=O)O)c1OC(C)=O. The zero-order chi connectivity index (χ0) is 22.1. The zero-order valence-corrected chi connectivity index (χ0v) is 16.4. The van der Waals surface area contributed by atoms with Crippen LogP contribution in [-0.4, -0.2) is 41.6 Å². The van der Waals surface area contributed by atoms with Crippen LogP contribution in [0.2, 0.25) is 0 Å². The van der Waals surface area contributed by atoms with E-state index in [2.05, 4.69) is 5.32 Å². The van der Waals surface area contributed by atoms with Crippen molar-refractivity contribution in [1.82, 2.24) is 5.32 Å². The summed E-state index contributed by atoms with van der Waals surface area (Å²) in [7, 11) is 0. The van der Waals surface area contributed by atoms with Crippen LogP contribution in [0, 0.1) is 0 Å². The Morgan fingerprint density at radius 3 is 2.20 bits per heavy atom. The normalized spacial score (nSPS) is 11.3. The van der Waals surface area contributed by atoms with Gasteiger partial charge < -0.3 is 24.6 Å². The number of benzene rings is 2. The number of para-hydroxylation sites is 1. The average molecular weight is 415 g/mol. The first-order valence-electron chi connectivity index (χ1n) is 8.93. The predicted octanol–water partition coefficient (Wildman–Crippen LogP) is 1.94. The summed E-state index contributed by atoms with van der Waals surface area (Å²) in [4.78, 5) is 46.9. The van der Waals surface area contributed by atoms with Gasteiger partial charge in [0.2, 0.25) is 0 Å².